The third kappa shape index (κ3) is 2.68. The smallest absolute Gasteiger partial charge is 0.306 e. The van der Waals surface area contributed by atoms with E-state index < -0.39 is 0 Å². The van der Waals surface area contributed by atoms with E-state index in [2.05, 4.69) is 12.1 Å². The van der Waals surface area contributed by atoms with Crippen LogP contribution < -0.4 is 0 Å². The first-order chi connectivity index (χ1) is 10.2. The number of ether oxygens (including phenoxy) is 1. The molecular weight excluding hydrogens is 267 g/mol. The minimum atomic E-state index is -0.244. The fourth-order valence-electron chi connectivity index (χ4n) is 3.14. The molecule has 0 saturated heterocycles. The number of carbonyl (C=O) groups is 1. The number of hydrogen-bond acceptors (Lipinski definition) is 2. The van der Waals surface area contributed by atoms with Crippen LogP contribution in [0, 0.1) is 5.82 Å². The highest BCUT2D eigenvalue weighted by Gasteiger charge is 2.26. The Morgan fingerprint density at radius 1 is 1.14 bits per heavy atom. The molecule has 108 valence electrons. The average Bonchev–Trinajstić information content (AvgIpc) is 2.65. The summed E-state index contributed by atoms with van der Waals surface area (Å²) in [6, 6.07) is 13.0. The van der Waals surface area contributed by atoms with Crippen LogP contribution >= 0.6 is 0 Å². The van der Waals surface area contributed by atoms with E-state index in [1.54, 1.807) is 12.1 Å². The minimum absolute atomic E-state index is 0.0632. The Bertz CT molecular complexity index is 679. The average molecular weight is 284 g/mol. The molecule has 0 N–H and O–H groups in total. The maximum absolute atomic E-state index is 13.5. The van der Waals surface area contributed by atoms with Crippen LogP contribution in [-0.2, 0) is 22.4 Å². The number of benzene rings is 2. The SMILES string of the molecule is COC(=O)CC1c2ccccc2CCc2cc(F)ccc21. The number of carbonyl (C=O) groups excluding carboxylic acids is 1. The maximum Gasteiger partial charge on any atom is 0.306 e. The summed E-state index contributed by atoms with van der Waals surface area (Å²) in [5.74, 6) is -0.532. The normalized spacial score (nSPS) is 16.6. The van der Waals surface area contributed by atoms with Gasteiger partial charge >= 0.3 is 5.97 Å². The van der Waals surface area contributed by atoms with Crippen molar-refractivity contribution in [1.82, 2.24) is 0 Å². The predicted octanol–water partition coefficient (Wildman–Crippen LogP) is 3.62. The van der Waals surface area contributed by atoms with Gasteiger partial charge in [0, 0.05) is 5.92 Å². The van der Waals surface area contributed by atoms with Crippen molar-refractivity contribution in [3.8, 4) is 0 Å². The van der Waals surface area contributed by atoms with Gasteiger partial charge < -0.3 is 4.74 Å². The standard InChI is InChI=1S/C18H17FO2/c1-21-18(20)11-17-15-5-3-2-4-12(15)6-7-13-10-14(19)8-9-16(13)17/h2-5,8-10,17H,6-7,11H2,1H3. The molecule has 0 spiro atoms. The van der Waals surface area contributed by atoms with Gasteiger partial charge in [-0.3, -0.25) is 4.79 Å². The molecule has 1 atom stereocenters. The molecule has 1 unspecified atom stereocenters. The van der Waals surface area contributed by atoms with Gasteiger partial charge in [-0.05, 0) is 47.2 Å². The highest BCUT2D eigenvalue weighted by atomic mass is 19.1. The Balaban J connectivity index is 2.12. The second-order valence-electron chi connectivity index (χ2n) is 5.37. The summed E-state index contributed by atoms with van der Waals surface area (Å²) in [6.45, 7) is 0. The van der Waals surface area contributed by atoms with Crippen molar-refractivity contribution in [3.63, 3.8) is 0 Å². The zero-order valence-corrected chi connectivity index (χ0v) is 11.9. The van der Waals surface area contributed by atoms with Crippen LogP contribution in [0.2, 0.25) is 0 Å². The molecule has 0 heterocycles. The summed E-state index contributed by atoms with van der Waals surface area (Å²) in [4.78, 5) is 11.8. The van der Waals surface area contributed by atoms with E-state index in [-0.39, 0.29) is 24.1 Å². The molecule has 0 radical (unpaired) electrons. The molecule has 2 aromatic carbocycles. The summed E-state index contributed by atoms with van der Waals surface area (Å²) in [5, 5.41) is 0. The summed E-state index contributed by atoms with van der Waals surface area (Å²) in [7, 11) is 1.40. The fraction of sp³-hybridized carbons (Fsp3) is 0.278. The second-order valence-corrected chi connectivity index (χ2v) is 5.37. The Kier molecular flexibility index (Phi) is 3.74. The van der Waals surface area contributed by atoms with Crippen molar-refractivity contribution in [2.45, 2.75) is 25.2 Å². The lowest BCUT2D eigenvalue weighted by molar-refractivity contribution is -0.140. The van der Waals surface area contributed by atoms with E-state index in [1.165, 1.54) is 18.7 Å². The maximum atomic E-state index is 13.5. The van der Waals surface area contributed by atoms with E-state index in [1.807, 2.05) is 12.1 Å². The fourth-order valence-corrected chi connectivity index (χ4v) is 3.14. The van der Waals surface area contributed by atoms with E-state index in [4.69, 9.17) is 4.74 Å². The monoisotopic (exact) mass is 284 g/mol. The van der Waals surface area contributed by atoms with E-state index in [0.717, 1.165) is 29.5 Å². The number of halogens is 1. The molecular formula is C18H17FO2. The molecule has 0 aromatic heterocycles. The number of fused-ring (bicyclic) bond motifs is 2. The number of rotatable bonds is 2. The number of methoxy groups -OCH3 is 1. The molecule has 0 fully saturated rings. The molecule has 0 saturated carbocycles. The van der Waals surface area contributed by atoms with Crippen LogP contribution in [0.25, 0.3) is 0 Å². The molecule has 2 aromatic rings. The molecule has 21 heavy (non-hydrogen) atoms. The Morgan fingerprint density at radius 3 is 2.67 bits per heavy atom. The van der Waals surface area contributed by atoms with Gasteiger partial charge in [0.25, 0.3) is 0 Å². The number of hydrogen-bond donors (Lipinski definition) is 0. The molecule has 1 aliphatic rings. The van der Waals surface area contributed by atoms with Crippen LogP contribution in [0.4, 0.5) is 4.39 Å². The van der Waals surface area contributed by atoms with Crippen molar-refractivity contribution < 1.29 is 13.9 Å². The van der Waals surface area contributed by atoms with Crippen molar-refractivity contribution in [1.29, 1.82) is 0 Å². The van der Waals surface area contributed by atoms with Crippen LogP contribution in [0.15, 0.2) is 42.5 Å². The van der Waals surface area contributed by atoms with Crippen LogP contribution in [0.1, 0.15) is 34.6 Å². The zero-order valence-electron chi connectivity index (χ0n) is 11.9. The molecule has 1 aliphatic carbocycles. The Hall–Kier alpha value is -2.16. The van der Waals surface area contributed by atoms with Crippen molar-refractivity contribution in [2.24, 2.45) is 0 Å². The topological polar surface area (TPSA) is 26.3 Å². The lowest BCUT2D eigenvalue weighted by Crippen LogP contribution is -2.11. The molecule has 0 aliphatic heterocycles. The van der Waals surface area contributed by atoms with Gasteiger partial charge in [-0.25, -0.2) is 4.39 Å². The quantitative estimate of drug-likeness (QED) is 0.787. The van der Waals surface area contributed by atoms with E-state index in [9.17, 15) is 9.18 Å². The van der Waals surface area contributed by atoms with E-state index in [0.29, 0.717) is 0 Å². The van der Waals surface area contributed by atoms with Crippen LogP contribution in [0.3, 0.4) is 0 Å². The summed E-state index contributed by atoms with van der Waals surface area (Å²) in [5.41, 5.74) is 4.39. The van der Waals surface area contributed by atoms with E-state index >= 15 is 0 Å². The first kappa shape index (κ1) is 13.8. The van der Waals surface area contributed by atoms with Gasteiger partial charge in [0.15, 0.2) is 0 Å². The highest BCUT2D eigenvalue weighted by molar-refractivity contribution is 5.71. The first-order valence-corrected chi connectivity index (χ1v) is 7.12. The van der Waals surface area contributed by atoms with Gasteiger partial charge in [0.05, 0.1) is 13.5 Å². The first-order valence-electron chi connectivity index (χ1n) is 7.12. The zero-order chi connectivity index (χ0) is 14.8. The molecule has 3 rings (SSSR count). The number of esters is 1. The minimum Gasteiger partial charge on any atom is -0.469 e. The lowest BCUT2D eigenvalue weighted by atomic mass is 9.85. The van der Waals surface area contributed by atoms with Gasteiger partial charge in [0.2, 0.25) is 0 Å². The lowest BCUT2D eigenvalue weighted by Gasteiger charge is -2.19. The summed E-state index contributed by atoms with van der Waals surface area (Å²) < 4.78 is 18.4. The Labute approximate surface area is 123 Å². The highest BCUT2D eigenvalue weighted by Crippen LogP contribution is 2.36. The third-order valence-electron chi connectivity index (χ3n) is 4.17. The Morgan fingerprint density at radius 2 is 1.86 bits per heavy atom. The third-order valence-corrected chi connectivity index (χ3v) is 4.17. The van der Waals surface area contributed by atoms with Crippen molar-refractivity contribution in [3.05, 3.63) is 70.5 Å². The van der Waals surface area contributed by atoms with Crippen LogP contribution in [0.5, 0.6) is 0 Å². The van der Waals surface area contributed by atoms with Crippen LogP contribution in [-0.4, -0.2) is 13.1 Å². The largest absolute Gasteiger partial charge is 0.469 e. The van der Waals surface area contributed by atoms with Gasteiger partial charge in [-0.2, -0.15) is 0 Å². The van der Waals surface area contributed by atoms with Crippen molar-refractivity contribution >= 4 is 5.97 Å². The molecule has 0 amide bonds. The number of aryl methyl sites for hydroxylation is 2. The summed E-state index contributed by atoms with van der Waals surface area (Å²) >= 11 is 0. The van der Waals surface area contributed by atoms with Gasteiger partial charge in [0.1, 0.15) is 5.82 Å². The predicted molar refractivity (Wildman–Crippen MR) is 78.7 cm³/mol. The molecule has 0 bridgehead atoms. The molecule has 2 nitrogen and oxygen atoms in total. The second kappa shape index (κ2) is 5.68. The molecule has 3 heteroatoms. The van der Waals surface area contributed by atoms with Gasteiger partial charge in [-0.1, -0.05) is 30.3 Å². The van der Waals surface area contributed by atoms with Gasteiger partial charge in [-0.15, -0.1) is 0 Å². The van der Waals surface area contributed by atoms with Crippen molar-refractivity contribution in [2.75, 3.05) is 7.11 Å². The summed E-state index contributed by atoms with van der Waals surface area (Å²) in [6.07, 6.45) is 1.94.